The van der Waals surface area contributed by atoms with Crippen LogP contribution in [0.5, 0.6) is 11.5 Å². The van der Waals surface area contributed by atoms with Gasteiger partial charge in [-0.3, -0.25) is 10.3 Å². The summed E-state index contributed by atoms with van der Waals surface area (Å²) < 4.78 is 11.0. The molecule has 0 fully saturated rings. The fraction of sp³-hybridized carbons (Fsp3) is 0.214. The summed E-state index contributed by atoms with van der Waals surface area (Å²) in [5, 5.41) is 3.21. The minimum Gasteiger partial charge on any atom is -0.486 e. The average Bonchev–Trinajstić information content (AvgIpc) is 2.48. The molecule has 6 heteroatoms. The van der Waals surface area contributed by atoms with E-state index in [4.69, 9.17) is 14.3 Å². The Morgan fingerprint density at radius 1 is 1.05 bits per heavy atom. The molecule has 0 saturated heterocycles. The number of fused-ring (bicyclic) bond motifs is 1. The highest BCUT2D eigenvalue weighted by molar-refractivity contribution is 5.63. The Kier molecular flexibility index (Phi) is 3.56. The molecule has 20 heavy (non-hydrogen) atoms. The number of hydrogen-bond acceptors (Lipinski definition) is 6. The maximum Gasteiger partial charge on any atom is 0.163 e. The molecule has 1 aliphatic heterocycles. The van der Waals surface area contributed by atoms with Gasteiger partial charge in [-0.15, -0.1) is 0 Å². The van der Waals surface area contributed by atoms with Crippen LogP contribution in [0.25, 0.3) is 0 Å². The summed E-state index contributed by atoms with van der Waals surface area (Å²) in [6.07, 6.45) is 1.70. The second-order valence-electron chi connectivity index (χ2n) is 4.22. The van der Waals surface area contributed by atoms with Crippen LogP contribution in [0.15, 0.2) is 36.5 Å². The number of benzene rings is 1. The molecule has 0 aliphatic carbocycles. The van der Waals surface area contributed by atoms with Gasteiger partial charge in [0.05, 0.1) is 12.8 Å². The minimum absolute atomic E-state index is 0.571. The van der Waals surface area contributed by atoms with Gasteiger partial charge in [0.25, 0.3) is 0 Å². The summed E-state index contributed by atoms with van der Waals surface area (Å²) in [6, 6.07) is 9.37. The summed E-state index contributed by atoms with van der Waals surface area (Å²) in [4.78, 5) is 9.12. The molecular weight excluding hydrogens is 258 g/mol. The Hall–Kier alpha value is -2.47. The zero-order valence-corrected chi connectivity index (χ0v) is 11.1. The van der Waals surface area contributed by atoms with E-state index < -0.39 is 0 Å². The van der Waals surface area contributed by atoms with Crippen LogP contribution < -0.4 is 20.3 Å². The SMILES string of the molecule is CONc1ccnc(Nc2ccc3c(c2)OCCO3)c1. The lowest BCUT2D eigenvalue weighted by molar-refractivity contribution is 0.171. The second kappa shape index (κ2) is 5.66. The van der Waals surface area contributed by atoms with Gasteiger partial charge in [0, 0.05) is 24.0 Å². The van der Waals surface area contributed by atoms with Crippen LogP contribution in [-0.4, -0.2) is 25.3 Å². The van der Waals surface area contributed by atoms with Crippen molar-refractivity contribution in [2.75, 3.05) is 31.1 Å². The van der Waals surface area contributed by atoms with Crippen LogP contribution in [0, 0.1) is 0 Å². The number of pyridine rings is 1. The van der Waals surface area contributed by atoms with Crippen molar-refractivity contribution >= 4 is 17.2 Å². The van der Waals surface area contributed by atoms with E-state index in [0.717, 1.165) is 22.9 Å². The van der Waals surface area contributed by atoms with Crippen molar-refractivity contribution in [3.63, 3.8) is 0 Å². The number of aromatic nitrogens is 1. The molecule has 1 aromatic carbocycles. The van der Waals surface area contributed by atoms with Crippen LogP contribution in [0.1, 0.15) is 0 Å². The molecule has 0 unspecified atom stereocenters. The van der Waals surface area contributed by atoms with Gasteiger partial charge in [0.1, 0.15) is 19.0 Å². The lowest BCUT2D eigenvalue weighted by Crippen LogP contribution is -2.15. The van der Waals surface area contributed by atoms with Crippen LogP contribution >= 0.6 is 0 Å². The monoisotopic (exact) mass is 273 g/mol. The van der Waals surface area contributed by atoms with E-state index in [1.54, 1.807) is 13.3 Å². The maximum atomic E-state index is 5.55. The van der Waals surface area contributed by atoms with E-state index >= 15 is 0 Å². The fourth-order valence-electron chi connectivity index (χ4n) is 1.95. The highest BCUT2D eigenvalue weighted by atomic mass is 16.6. The van der Waals surface area contributed by atoms with E-state index in [2.05, 4.69) is 15.8 Å². The predicted molar refractivity (Wildman–Crippen MR) is 75.6 cm³/mol. The van der Waals surface area contributed by atoms with Crippen LogP contribution in [0.3, 0.4) is 0 Å². The van der Waals surface area contributed by atoms with Crippen LogP contribution in [0.2, 0.25) is 0 Å². The first-order valence-electron chi connectivity index (χ1n) is 6.27. The molecule has 104 valence electrons. The molecule has 0 atom stereocenters. The second-order valence-corrected chi connectivity index (χ2v) is 4.22. The highest BCUT2D eigenvalue weighted by Crippen LogP contribution is 2.33. The summed E-state index contributed by atoms with van der Waals surface area (Å²) in [7, 11) is 1.56. The van der Waals surface area contributed by atoms with E-state index in [9.17, 15) is 0 Å². The fourth-order valence-corrected chi connectivity index (χ4v) is 1.95. The van der Waals surface area contributed by atoms with E-state index in [1.807, 2.05) is 30.3 Å². The molecule has 2 heterocycles. The van der Waals surface area contributed by atoms with Crippen molar-refractivity contribution in [1.29, 1.82) is 0 Å². The van der Waals surface area contributed by atoms with Crippen molar-refractivity contribution < 1.29 is 14.3 Å². The Morgan fingerprint density at radius 2 is 1.90 bits per heavy atom. The number of rotatable bonds is 4. The molecule has 6 nitrogen and oxygen atoms in total. The molecule has 1 aromatic heterocycles. The first-order chi connectivity index (χ1) is 9.85. The van der Waals surface area contributed by atoms with Gasteiger partial charge in [0.15, 0.2) is 11.5 Å². The molecule has 2 aromatic rings. The Labute approximate surface area is 116 Å². The Bertz CT molecular complexity index is 604. The number of ether oxygens (including phenoxy) is 2. The third-order valence-electron chi connectivity index (χ3n) is 2.79. The number of hydrogen-bond donors (Lipinski definition) is 2. The largest absolute Gasteiger partial charge is 0.486 e. The number of anilines is 3. The molecule has 0 saturated carbocycles. The highest BCUT2D eigenvalue weighted by Gasteiger charge is 2.11. The predicted octanol–water partition coefficient (Wildman–Crippen LogP) is 2.57. The molecule has 0 radical (unpaired) electrons. The summed E-state index contributed by atoms with van der Waals surface area (Å²) in [5.74, 6) is 2.22. The van der Waals surface area contributed by atoms with Gasteiger partial charge in [-0.2, -0.15) is 0 Å². The zero-order chi connectivity index (χ0) is 13.8. The van der Waals surface area contributed by atoms with Crippen LogP contribution in [-0.2, 0) is 4.84 Å². The van der Waals surface area contributed by atoms with Gasteiger partial charge in [0.2, 0.25) is 0 Å². The summed E-state index contributed by atoms with van der Waals surface area (Å²) >= 11 is 0. The first kappa shape index (κ1) is 12.6. The average molecular weight is 273 g/mol. The van der Waals surface area contributed by atoms with Crippen molar-refractivity contribution in [2.45, 2.75) is 0 Å². The zero-order valence-electron chi connectivity index (χ0n) is 11.1. The van der Waals surface area contributed by atoms with Crippen molar-refractivity contribution in [3.8, 4) is 11.5 Å². The smallest absolute Gasteiger partial charge is 0.163 e. The minimum atomic E-state index is 0.571. The van der Waals surface area contributed by atoms with Gasteiger partial charge >= 0.3 is 0 Å². The summed E-state index contributed by atoms with van der Waals surface area (Å²) in [6.45, 7) is 1.16. The number of nitrogens with zero attached hydrogens (tertiary/aromatic N) is 1. The maximum absolute atomic E-state index is 5.55. The molecule has 0 spiro atoms. The van der Waals surface area contributed by atoms with Crippen LogP contribution in [0.4, 0.5) is 17.2 Å². The van der Waals surface area contributed by atoms with Gasteiger partial charge in [-0.25, -0.2) is 4.98 Å². The van der Waals surface area contributed by atoms with E-state index in [-0.39, 0.29) is 0 Å². The van der Waals surface area contributed by atoms with Crippen molar-refractivity contribution in [1.82, 2.24) is 4.98 Å². The van der Waals surface area contributed by atoms with Gasteiger partial charge in [-0.1, -0.05) is 0 Å². The van der Waals surface area contributed by atoms with E-state index in [1.165, 1.54) is 0 Å². The lowest BCUT2D eigenvalue weighted by atomic mass is 10.2. The molecule has 1 aliphatic rings. The first-order valence-corrected chi connectivity index (χ1v) is 6.27. The molecular formula is C14H15N3O3. The van der Waals surface area contributed by atoms with Gasteiger partial charge in [-0.05, 0) is 18.2 Å². The van der Waals surface area contributed by atoms with Crippen molar-refractivity contribution in [2.24, 2.45) is 0 Å². The third-order valence-corrected chi connectivity index (χ3v) is 2.79. The topological polar surface area (TPSA) is 64.6 Å². The summed E-state index contributed by atoms with van der Waals surface area (Å²) in [5.41, 5.74) is 4.47. The lowest BCUT2D eigenvalue weighted by Gasteiger charge is -2.19. The normalized spacial score (nSPS) is 12.8. The Balaban J connectivity index is 1.78. The molecule has 2 N–H and O–H groups in total. The quantitative estimate of drug-likeness (QED) is 0.835. The number of nitrogens with one attached hydrogen (secondary N) is 2. The Morgan fingerprint density at radius 3 is 2.75 bits per heavy atom. The molecule has 0 amide bonds. The third kappa shape index (κ3) is 2.75. The van der Waals surface area contributed by atoms with E-state index in [0.29, 0.717) is 19.0 Å². The standard InChI is InChI=1S/C14H15N3O3/c1-18-17-11-4-5-15-14(9-11)16-10-2-3-12-13(8-10)20-7-6-19-12/h2-5,8-9H,6-7H2,1H3,(H2,15,16,17). The van der Waals surface area contributed by atoms with Crippen molar-refractivity contribution in [3.05, 3.63) is 36.5 Å². The molecule has 3 rings (SSSR count). The van der Waals surface area contributed by atoms with Gasteiger partial charge < -0.3 is 14.8 Å². The molecule has 0 bridgehead atoms.